The van der Waals surface area contributed by atoms with Crippen molar-refractivity contribution in [1.82, 2.24) is 4.90 Å². The molecule has 10 heteroatoms. The zero-order valence-electron chi connectivity index (χ0n) is 20.3. The van der Waals surface area contributed by atoms with Gasteiger partial charge in [-0.25, -0.2) is 9.59 Å². The molecule has 0 aromatic carbocycles. The molecule has 0 aliphatic carbocycles. The molecule has 0 bridgehead atoms. The summed E-state index contributed by atoms with van der Waals surface area (Å²) >= 11 is 0. The molecule has 0 aromatic heterocycles. The molecule has 0 saturated carbocycles. The molecule has 10 nitrogen and oxygen atoms in total. The van der Waals surface area contributed by atoms with Gasteiger partial charge < -0.3 is 38.1 Å². The quantitative estimate of drug-likeness (QED) is 0.162. The first-order chi connectivity index (χ1) is 15.1. The Morgan fingerprint density at radius 1 is 0.719 bits per heavy atom. The lowest BCUT2D eigenvalue weighted by molar-refractivity contribution is -0.140. The molecular weight excluding hydrogens is 422 g/mol. The van der Waals surface area contributed by atoms with Gasteiger partial charge in [0, 0.05) is 19.2 Å². The smallest absolute Gasteiger partial charge is 0.410 e. The van der Waals surface area contributed by atoms with Crippen molar-refractivity contribution < 1.29 is 42.7 Å². The number of esters is 1. The highest BCUT2D eigenvalue weighted by atomic mass is 16.6. The predicted molar refractivity (Wildman–Crippen MR) is 119 cm³/mol. The number of rotatable bonds is 19. The second-order valence-electron chi connectivity index (χ2n) is 7.88. The van der Waals surface area contributed by atoms with Gasteiger partial charge in [0.15, 0.2) is 0 Å². The van der Waals surface area contributed by atoms with Crippen molar-refractivity contribution in [2.24, 2.45) is 0 Å². The summed E-state index contributed by atoms with van der Waals surface area (Å²) in [5.41, 5.74) is -0.140. The number of nitrogens with zero attached hydrogens (tertiary/aromatic N) is 1. The van der Waals surface area contributed by atoms with Crippen LogP contribution in [-0.2, 0) is 38.0 Å². The van der Waals surface area contributed by atoms with E-state index in [1.807, 2.05) is 20.8 Å². The van der Waals surface area contributed by atoms with Crippen molar-refractivity contribution in [1.29, 1.82) is 0 Å². The minimum Gasteiger partial charge on any atom is -0.460 e. The van der Waals surface area contributed by atoms with Crippen LogP contribution >= 0.6 is 0 Å². The van der Waals surface area contributed by atoms with Crippen molar-refractivity contribution in [3.8, 4) is 0 Å². The van der Waals surface area contributed by atoms with Gasteiger partial charge in [-0.15, -0.1) is 0 Å². The Labute approximate surface area is 192 Å². The van der Waals surface area contributed by atoms with Crippen LogP contribution in [0.25, 0.3) is 0 Å². The summed E-state index contributed by atoms with van der Waals surface area (Å²) in [5.74, 6) is -0.415. The highest BCUT2D eigenvalue weighted by Crippen LogP contribution is 2.08. The third-order valence-corrected chi connectivity index (χ3v) is 3.57. The normalized spacial score (nSPS) is 11.3. The molecule has 0 radical (unpaired) electrons. The number of carbonyl (C=O) groups is 2. The maximum atomic E-state index is 11.8. The standard InChI is InChI=1S/C22H41NO9/c1-19(2)20(24)31-18-17-30-16-15-29-14-13-28-12-11-27-10-9-26-8-7-23(6)21(25)32-22(3,4)5/h1,7-18H2,2-6H3. The summed E-state index contributed by atoms with van der Waals surface area (Å²) in [5, 5.41) is 0. The maximum absolute atomic E-state index is 11.8. The van der Waals surface area contributed by atoms with E-state index in [1.54, 1.807) is 14.0 Å². The van der Waals surface area contributed by atoms with Gasteiger partial charge in [-0.1, -0.05) is 6.58 Å². The van der Waals surface area contributed by atoms with E-state index in [1.165, 1.54) is 4.90 Å². The Hall–Kier alpha value is -1.72. The van der Waals surface area contributed by atoms with Crippen molar-refractivity contribution in [3.05, 3.63) is 12.2 Å². The number of ether oxygens (including phenoxy) is 7. The lowest BCUT2D eigenvalue weighted by Gasteiger charge is -2.24. The van der Waals surface area contributed by atoms with E-state index in [0.29, 0.717) is 78.2 Å². The summed E-state index contributed by atoms with van der Waals surface area (Å²) in [7, 11) is 1.67. The van der Waals surface area contributed by atoms with E-state index >= 15 is 0 Å². The maximum Gasteiger partial charge on any atom is 0.410 e. The average molecular weight is 464 g/mol. The molecule has 0 saturated heterocycles. The second-order valence-corrected chi connectivity index (χ2v) is 7.88. The van der Waals surface area contributed by atoms with Gasteiger partial charge in [-0.2, -0.15) is 0 Å². The molecule has 0 aliphatic rings. The van der Waals surface area contributed by atoms with Crippen LogP contribution in [-0.4, -0.2) is 109 Å². The molecule has 188 valence electrons. The summed E-state index contributed by atoms with van der Waals surface area (Å²) < 4.78 is 37.0. The lowest BCUT2D eigenvalue weighted by Crippen LogP contribution is -2.36. The van der Waals surface area contributed by atoms with Crippen LogP contribution in [0.15, 0.2) is 12.2 Å². The van der Waals surface area contributed by atoms with E-state index in [9.17, 15) is 9.59 Å². The molecule has 0 spiro atoms. The predicted octanol–water partition coefficient (Wildman–Crippen LogP) is 2.06. The third kappa shape index (κ3) is 20.2. The monoisotopic (exact) mass is 463 g/mol. The first kappa shape index (κ1) is 30.3. The Balaban J connectivity index is 3.28. The Morgan fingerprint density at radius 3 is 1.47 bits per heavy atom. The molecule has 0 N–H and O–H groups in total. The van der Waals surface area contributed by atoms with Crippen LogP contribution in [0.5, 0.6) is 0 Å². The topological polar surface area (TPSA) is 102 Å². The van der Waals surface area contributed by atoms with E-state index in [4.69, 9.17) is 33.2 Å². The second kappa shape index (κ2) is 18.8. The summed E-state index contributed by atoms with van der Waals surface area (Å²) in [6, 6.07) is 0. The van der Waals surface area contributed by atoms with Gasteiger partial charge in [-0.3, -0.25) is 0 Å². The molecule has 0 rings (SSSR count). The van der Waals surface area contributed by atoms with Crippen LogP contribution in [0.2, 0.25) is 0 Å². The van der Waals surface area contributed by atoms with Gasteiger partial charge in [0.2, 0.25) is 0 Å². The first-order valence-corrected chi connectivity index (χ1v) is 10.8. The van der Waals surface area contributed by atoms with Crippen LogP contribution in [0.4, 0.5) is 4.79 Å². The van der Waals surface area contributed by atoms with Crippen LogP contribution in [0.1, 0.15) is 27.7 Å². The molecule has 32 heavy (non-hydrogen) atoms. The van der Waals surface area contributed by atoms with Crippen LogP contribution < -0.4 is 0 Å². The molecule has 0 unspecified atom stereocenters. The number of hydrogen-bond donors (Lipinski definition) is 0. The number of hydrogen-bond acceptors (Lipinski definition) is 9. The fourth-order valence-corrected chi connectivity index (χ4v) is 1.93. The van der Waals surface area contributed by atoms with Gasteiger partial charge in [0.25, 0.3) is 0 Å². The molecule has 0 aliphatic heterocycles. The highest BCUT2D eigenvalue weighted by molar-refractivity contribution is 5.86. The number of likely N-dealkylation sites (N-methyl/N-ethyl adjacent to an activating group) is 1. The van der Waals surface area contributed by atoms with Crippen LogP contribution in [0.3, 0.4) is 0 Å². The van der Waals surface area contributed by atoms with Gasteiger partial charge in [-0.05, 0) is 27.7 Å². The van der Waals surface area contributed by atoms with Crippen molar-refractivity contribution in [2.75, 3.05) is 86.3 Å². The zero-order chi connectivity index (χ0) is 24.2. The minimum atomic E-state index is -0.507. The van der Waals surface area contributed by atoms with E-state index in [0.717, 1.165) is 0 Å². The van der Waals surface area contributed by atoms with Crippen molar-refractivity contribution in [2.45, 2.75) is 33.3 Å². The number of carbonyl (C=O) groups excluding carboxylic acids is 2. The highest BCUT2D eigenvalue weighted by Gasteiger charge is 2.19. The third-order valence-electron chi connectivity index (χ3n) is 3.57. The summed E-state index contributed by atoms with van der Waals surface area (Å²) in [6.45, 7) is 15.6. The SMILES string of the molecule is C=C(C)C(=O)OCCOCCOCCOCCOCCOCCN(C)C(=O)OC(C)(C)C. The Kier molecular flexibility index (Phi) is 17.8. The molecular formula is C22H41NO9. The molecule has 0 aromatic rings. The Bertz CT molecular complexity index is 520. The lowest BCUT2D eigenvalue weighted by atomic mass is 10.2. The zero-order valence-corrected chi connectivity index (χ0v) is 20.3. The fraction of sp³-hybridized carbons (Fsp3) is 0.818. The molecule has 1 amide bonds. The average Bonchev–Trinajstić information content (AvgIpc) is 2.71. The molecule has 0 fully saturated rings. The Morgan fingerprint density at radius 2 is 1.09 bits per heavy atom. The molecule has 0 heterocycles. The van der Waals surface area contributed by atoms with Gasteiger partial charge in [0.05, 0.1) is 66.1 Å². The minimum absolute atomic E-state index is 0.197. The van der Waals surface area contributed by atoms with Gasteiger partial charge >= 0.3 is 12.1 Å². The van der Waals surface area contributed by atoms with Crippen molar-refractivity contribution >= 4 is 12.1 Å². The fourth-order valence-electron chi connectivity index (χ4n) is 1.93. The van der Waals surface area contributed by atoms with Gasteiger partial charge in [0.1, 0.15) is 12.2 Å². The van der Waals surface area contributed by atoms with E-state index in [2.05, 4.69) is 6.58 Å². The first-order valence-electron chi connectivity index (χ1n) is 10.8. The molecule has 0 atom stereocenters. The summed E-state index contributed by atoms with van der Waals surface area (Å²) in [6.07, 6.45) is -0.368. The summed E-state index contributed by atoms with van der Waals surface area (Å²) in [4.78, 5) is 24.4. The van der Waals surface area contributed by atoms with Crippen molar-refractivity contribution in [3.63, 3.8) is 0 Å². The van der Waals surface area contributed by atoms with E-state index in [-0.39, 0.29) is 12.7 Å². The number of amides is 1. The van der Waals surface area contributed by atoms with E-state index < -0.39 is 11.6 Å². The largest absolute Gasteiger partial charge is 0.460 e. The van der Waals surface area contributed by atoms with Crippen LogP contribution in [0, 0.1) is 0 Å².